The summed E-state index contributed by atoms with van der Waals surface area (Å²) < 4.78 is 16.4. The zero-order valence-electron chi connectivity index (χ0n) is 23.1. The molecule has 0 aliphatic carbocycles. The van der Waals surface area contributed by atoms with E-state index >= 15 is 0 Å². The van der Waals surface area contributed by atoms with Gasteiger partial charge in [0.25, 0.3) is 0 Å². The molecule has 0 saturated heterocycles. The van der Waals surface area contributed by atoms with Crippen molar-refractivity contribution in [2.45, 2.75) is 45.9 Å². The van der Waals surface area contributed by atoms with Gasteiger partial charge in [-0.3, -0.25) is 4.68 Å². The second-order valence-corrected chi connectivity index (χ2v) is 9.66. The molecule has 5 aromatic rings. The van der Waals surface area contributed by atoms with E-state index in [4.69, 9.17) is 11.5 Å². The molecule has 0 unspecified atom stereocenters. The highest BCUT2D eigenvalue weighted by molar-refractivity contribution is 5.75. The van der Waals surface area contributed by atoms with Gasteiger partial charge >= 0.3 is 0 Å². The third-order valence-electron chi connectivity index (χ3n) is 6.58. The van der Waals surface area contributed by atoms with E-state index in [0.717, 1.165) is 40.9 Å². The first-order valence-electron chi connectivity index (χ1n) is 13.0. The molecule has 0 radical (unpaired) electrons. The number of anilines is 2. The molecule has 0 amide bonds. The Morgan fingerprint density at radius 3 is 2.25 bits per heavy atom. The number of rotatable bonds is 8. The van der Waals surface area contributed by atoms with Gasteiger partial charge in [-0.25, -0.2) is 23.9 Å². The van der Waals surface area contributed by atoms with Crippen LogP contribution in [0.4, 0.5) is 16.2 Å². The summed E-state index contributed by atoms with van der Waals surface area (Å²) in [7, 11) is 0. The van der Waals surface area contributed by atoms with Crippen molar-refractivity contribution in [3.63, 3.8) is 0 Å². The predicted molar refractivity (Wildman–Crippen MR) is 153 cm³/mol. The van der Waals surface area contributed by atoms with Gasteiger partial charge < -0.3 is 21.5 Å². The molecule has 0 bridgehead atoms. The molecule has 1 aromatic carbocycles. The summed E-state index contributed by atoms with van der Waals surface area (Å²) in [6, 6.07) is 8.11. The quantitative estimate of drug-likeness (QED) is 0.267. The van der Waals surface area contributed by atoms with Gasteiger partial charge in [0.1, 0.15) is 17.7 Å². The van der Waals surface area contributed by atoms with Crippen molar-refractivity contribution < 1.29 is 9.50 Å². The molecule has 40 heavy (non-hydrogen) atoms. The van der Waals surface area contributed by atoms with Crippen LogP contribution < -0.4 is 16.4 Å². The molecule has 11 nitrogen and oxygen atoms in total. The summed E-state index contributed by atoms with van der Waals surface area (Å²) >= 11 is 0. The standard InChI is InChI=1S/C16H21FN4.C12H14N6O/c1-4-21(5-2)15-19-10-13(11-20-15)16(3,18)12-6-8-14(17)9-7-12;1-8(19)4-17-5-10(3-15-17)9-2-11-12(13)14-7-16-18(11)6-9/h6-11H,4-5,18H2,1-3H3;2-3,5-8,19H,4H2,1H3,(H2,13,14,16)/t16-;8-/m00/s1. The third-order valence-corrected chi connectivity index (χ3v) is 6.58. The monoisotopic (exact) mass is 546 g/mol. The molecule has 2 atom stereocenters. The Balaban J connectivity index is 0.000000186. The number of hydrogen-bond donors (Lipinski definition) is 3. The highest BCUT2D eigenvalue weighted by Crippen LogP contribution is 2.26. The molecule has 5 rings (SSSR count). The van der Waals surface area contributed by atoms with Gasteiger partial charge in [0.2, 0.25) is 5.95 Å². The number of fused-ring (bicyclic) bond motifs is 1. The number of aliphatic hydroxyl groups is 1. The smallest absolute Gasteiger partial charge is 0.225 e. The second-order valence-electron chi connectivity index (χ2n) is 9.66. The maximum Gasteiger partial charge on any atom is 0.225 e. The SMILES string of the molecule is CCN(CC)c1ncc([C@@](C)(N)c2ccc(F)cc2)cn1.C[C@H](O)Cn1cc(-c2cc3c(N)ncnn3c2)cn1. The van der Waals surface area contributed by atoms with E-state index < -0.39 is 11.6 Å². The van der Waals surface area contributed by atoms with E-state index in [0.29, 0.717) is 18.3 Å². The minimum Gasteiger partial charge on any atom is -0.391 e. The molecule has 4 heterocycles. The summed E-state index contributed by atoms with van der Waals surface area (Å²) in [5.74, 6) is 0.860. The minimum absolute atomic E-state index is 0.275. The molecular weight excluding hydrogens is 511 g/mol. The summed E-state index contributed by atoms with van der Waals surface area (Å²) in [5.41, 5.74) is 15.7. The van der Waals surface area contributed by atoms with Crippen LogP contribution in [0.2, 0.25) is 0 Å². The van der Waals surface area contributed by atoms with E-state index in [2.05, 4.69) is 43.9 Å². The second kappa shape index (κ2) is 12.2. The Labute approximate surface area is 232 Å². The number of hydrogen-bond acceptors (Lipinski definition) is 9. The first-order chi connectivity index (χ1) is 19.1. The fourth-order valence-electron chi connectivity index (χ4n) is 4.21. The van der Waals surface area contributed by atoms with Crippen LogP contribution in [0, 0.1) is 5.82 Å². The van der Waals surface area contributed by atoms with Crippen molar-refractivity contribution in [2.24, 2.45) is 5.73 Å². The third kappa shape index (κ3) is 6.41. The molecule has 0 aliphatic rings. The number of halogens is 1. The van der Waals surface area contributed by atoms with Crippen molar-refractivity contribution in [1.82, 2.24) is 34.3 Å². The molecule has 0 fully saturated rings. The van der Waals surface area contributed by atoms with Crippen LogP contribution in [0.5, 0.6) is 0 Å². The zero-order valence-corrected chi connectivity index (χ0v) is 23.1. The van der Waals surface area contributed by atoms with Crippen LogP contribution in [0.15, 0.2) is 67.6 Å². The van der Waals surface area contributed by atoms with Crippen LogP contribution in [0.3, 0.4) is 0 Å². The van der Waals surface area contributed by atoms with Crippen LogP contribution in [0.1, 0.15) is 38.8 Å². The molecule has 210 valence electrons. The van der Waals surface area contributed by atoms with E-state index in [1.165, 1.54) is 18.5 Å². The highest BCUT2D eigenvalue weighted by atomic mass is 19.1. The molecule has 0 aliphatic heterocycles. The van der Waals surface area contributed by atoms with Crippen LogP contribution in [0.25, 0.3) is 16.6 Å². The molecular formula is C28H35FN10O. The van der Waals surface area contributed by atoms with Gasteiger partial charge in [-0.2, -0.15) is 10.2 Å². The topological polar surface area (TPSA) is 149 Å². The van der Waals surface area contributed by atoms with Gasteiger partial charge in [0, 0.05) is 54.6 Å². The first kappa shape index (κ1) is 28.6. The summed E-state index contributed by atoms with van der Waals surface area (Å²) in [6.45, 7) is 9.90. The lowest BCUT2D eigenvalue weighted by molar-refractivity contribution is 0.168. The van der Waals surface area contributed by atoms with E-state index in [-0.39, 0.29) is 5.82 Å². The summed E-state index contributed by atoms with van der Waals surface area (Å²) in [6.07, 6.45) is 9.97. The number of aromatic nitrogens is 7. The highest BCUT2D eigenvalue weighted by Gasteiger charge is 2.25. The Kier molecular flexibility index (Phi) is 8.70. The van der Waals surface area contributed by atoms with Crippen LogP contribution >= 0.6 is 0 Å². The van der Waals surface area contributed by atoms with Gasteiger partial charge in [-0.15, -0.1) is 0 Å². The molecule has 5 N–H and O–H groups in total. The average Bonchev–Trinajstić information content (AvgIpc) is 3.58. The zero-order chi connectivity index (χ0) is 28.9. The average molecular weight is 547 g/mol. The lowest BCUT2D eigenvalue weighted by atomic mass is 9.87. The summed E-state index contributed by atoms with van der Waals surface area (Å²) in [5, 5.41) is 17.6. The van der Waals surface area contributed by atoms with Gasteiger partial charge in [0.15, 0.2) is 5.82 Å². The van der Waals surface area contributed by atoms with E-state index in [1.54, 1.807) is 46.8 Å². The van der Waals surface area contributed by atoms with Crippen molar-refractivity contribution in [1.29, 1.82) is 0 Å². The van der Waals surface area contributed by atoms with Crippen LogP contribution in [-0.4, -0.2) is 58.6 Å². The maximum atomic E-state index is 13.0. The van der Waals surface area contributed by atoms with Crippen molar-refractivity contribution >= 4 is 17.3 Å². The molecule has 0 spiro atoms. The molecule has 12 heteroatoms. The number of nitrogens with two attached hydrogens (primary N) is 2. The van der Waals surface area contributed by atoms with Gasteiger partial charge in [0.05, 0.1) is 24.4 Å². The first-order valence-corrected chi connectivity index (χ1v) is 13.0. The van der Waals surface area contributed by atoms with Crippen molar-refractivity contribution in [3.05, 3.63) is 84.6 Å². The number of nitrogens with zero attached hydrogens (tertiary/aromatic N) is 8. The van der Waals surface area contributed by atoms with Crippen LogP contribution in [-0.2, 0) is 12.1 Å². The molecule has 0 saturated carbocycles. The fourth-order valence-corrected chi connectivity index (χ4v) is 4.21. The summed E-state index contributed by atoms with van der Waals surface area (Å²) in [4.78, 5) is 14.8. The normalized spacial score (nSPS) is 13.4. The Hall–Kier alpha value is -4.42. The lowest BCUT2D eigenvalue weighted by Crippen LogP contribution is -2.35. The fraction of sp³-hybridized carbons (Fsp3) is 0.321. The van der Waals surface area contributed by atoms with Crippen molar-refractivity contribution in [3.8, 4) is 11.1 Å². The maximum absolute atomic E-state index is 13.0. The number of aliphatic hydroxyl groups excluding tert-OH is 1. The van der Waals surface area contributed by atoms with E-state index in [9.17, 15) is 9.50 Å². The largest absolute Gasteiger partial charge is 0.391 e. The Morgan fingerprint density at radius 2 is 1.65 bits per heavy atom. The lowest BCUT2D eigenvalue weighted by Gasteiger charge is -2.26. The number of benzene rings is 1. The van der Waals surface area contributed by atoms with Gasteiger partial charge in [-0.1, -0.05) is 12.1 Å². The number of nitrogen functional groups attached to an aromatic ring is 1. The predicted octanol–water partition coefficient (Wildman–Crippen LogP) is 3.24. The Morgan fingerprint density at radius 1 is 0.975 bits per heavy atom. The Bertz CT molecular complexity index is 1520. The van der Waals surface area contributed by atoms with E-state index in [1.807, 2.05) is 25.4 Å². The van der Waals surface area contributed by atoms with Gasteiger partial charge in [-0.05, 0) is 51.5 Å². The minimum atomic E-state index is -0.754. The van der Waals surface area contributed by atoms with Crippen molar-refractivity contribution in [2.75, 3.05) is 23.7 Å². The molecule has 4 aromatic heterocycles.